The van der Waals surface area contributed by atoms with Crippen molar-refractivity contribution in [2.75, 3.05) is 0 Å². The monoisotopic (exact) mass is 684 g/mol. The van der Waals surface area contributed by atoms with Crippen LogP contribution < -0.4 is 0 Å². The van der Waals surface area contributed by atoms with Crippen LogP contribution >= 0.6 is 0 Å². The Morgan fingerprint density at radius 1 is 0.185 bits per heavy atom. The molecule has 0 fully saturated rings. The predicted octanol–water partition coefficient (Wildman–Crippen LogP) is 15.1. The number of hydrogen-bond donors (Lipinski definition) is 0. The fourth-order valence-electron chi connectivity index (χ4n) is 8.38. The molecule has 0 unspecified atom stereocenters. The molecule has 54 heavy (non-hydrogen) atoms. The van der Waals surface area contributed by atoms with Crippen LogP contribution in [-0.2, 0) is 0 Å². The number of hydrogen-bond acceptors (Lipinski definition) is 0. The van der Waals surface area contributed by atoms with Gasteiger partial charge in [0.25, 0.3) is 0 Å². The molecule has 0 amide bonds. The summed E-state index contributed by atoms with van der Waals surface area (Å²) in [5, 5.41) is 7.53. The lowest BCUT2D eigenvalue weighted by atomic mass is 9.83. The van der Waals surface area contributed by atoms with Gasteiger partial charge in [0.2, 0.25) is 0 Å². The molecule has 0 saturated carbocycles. The first kappa shape index (κ1) is 31.7. The highest BCUT2D eigenvalue weighted by atomic mass is 14.2. The van der Waals surface area contributed by atoms with Crippen LogP contribution in [0.4, 0.5) is 0 Å². The Labute approximate surface area is 316 Å². The van der Waals surface area contributed by atoms with E-state index in [1.54, 1.807) is 0 Å². The second-order valence-electron chi connectivity index (χ2n) is 14.0. The van der Waals surface area contributed by atoms with Crippen molar-refractivity contribution in [3.8, 4) is 66.8 Å². The van der Waals surface area contributed by atoms with Crippen LogP contribution in [0.1, 0.15) is 0 Å². The van der Waals surface area contributed by atoms with Crippen molar-refractivity contribution >= 4 is 32.3 Å². The third kappa shape index (κ3) is 5.57. The van der Waals surface area contributed by atoms with E-state index in [0.29, 0.717) is 0 Å². The van der Waals surface area contributed by atoms with Crippen molar-refractivity contribution < 1.29 is 0 Å². The van der Waals surface area contributed by atoms with E-state index in [1.807, 2.05) is 0 Å². The summed E-state index contributed by atoms with van der Waals surface area (Å²) >= 11 is 0. The molecule has 10 aromatic carbocycles. The van der Waals surface area contributed by atoms with Gasteiger partial charge in [0, 0.05) is 0 Å². The molecule has 252 valence electrons. The zero-order chi connectivity index (χ0) is 35.8. The van der Waals surface area contributed by atoms with Crippen molar-refractivity contribution in [3.63, 3.8) is 0 Å². The smallest absolute Gasteiger partial charge is 0.00201 e. The van der Waals surface area contributed by atoms with E-state index < -0.39 is 0 Å². The van der Waals surface area contributed by atoms with E-state index in [-0.39, 0.29) is 0 Å². The maximum atomic E-state index is 2.37. The standard InChI is InChI=1S/C54H36/c1-2-16-37(17-3-1)39-20-12-24-43(34-39)47-27-6-7-28-48(47)54-51-31-10-8-29-49(51)53(50-30-9-11-32-52(50)54)44-25-14-22-41(36-44)40-21-13-23-42(35-40)46-33-15-19-38-18-4-5-26-45(38)46/h1-36H. The van der Waals surface area contributed by atoms with Crippen LogP contribution in [0.25, 0.3) is 99.1 Å². The first-order valence-corrected chi connectivity index (χ1v) is 18.7. The summed E-state index contributed by atoms with van der Waals surface area (Å²) in [5.74, 6) is 0. The lowest BCUT2D eigenvalue weighted by Gasteiger charge is -2.20. The maximum Gasteiger partial charge on any atom is -0.00201 e. The molecule has 0 bridgehead atoms. The van der Waals surface area contributed by atoms with Gasteiger partial charge in [-0.05, 0) is 117 Å². The number of fused-ring (bicyclic) bond motifs is 3. The van der Waals surface area contributed by atoms with Gasteiger partial charge in [-0.2, -0.15) is 0 Å². The number of rotatable bonds is 6. The molecular formula is C54H36. The summed E-state index contributed by atoms with van der Waals surface area (Å²) < 4.78 is 0. The Hall–Kier alpha value is -7.02. The Morgan fingerprint density at radius 3 is 1.20 bits per heavy atom. The molecule has 0 nitrogen and oxygen atoms in total. The maximum absolute atomic E-state index is 2.37. The Morgan fingerprint density at radius 2 is 0.556 bits per heavy atom. The van der Waals surface area contributed by atoms with Crippen molar-refractivity contribution in [1.82, 2.24) is 0 Å². The molecule has 10 aromatic rings. The van der Waals surface area contributed by atoms with Crippen LogP contribution in [0.2, 0.25) is 0 Å². The zero-order valence-electron chi connectivity index (χ0n) is 29.8. The molecule has 0 aliphatic carbocycles. The van der Waals surface area contributed by atoms with Crippen LogP contribution in [0.15, 0.2) is 218 Å². The fraction of sp³-hybridized carbons (Fsp3) is 0. The van der Waals surface area contributed by atoms with E-state index in [2.05, 4.69) is 218 Å². The second-order valence-corrected chi connectivity index (χ2v) is 14.0. The van der Waals surface area contributed by atoms with Crippen LogP contribution in [0, 0.1) is 0 Å². The van der Waals surface area contributed by atoms with Gasteiger partial charge in [-0.1, -0.05) is 200 Å². The quantitative estimate of drug-likeness (QED) is 0.153. The van der Waals surface area contributed by atoms with Crippen LogP contribution in [-0.4, -0.2) is 0 Å². The Balaban J connectivity index is 1.14. The van der Waals surface area contributed by atoms with Gasteiger partial charge in [0.1, 0.15) is 0 Å². The van der Waals surface area contributed by atoms with E-state index in [0.717, 1.165) is 0 Å². The Bertz CT molecular complexity index is 2920. The van der Waals surface area contributed by atoms with E-state index in [1.165, 1.54) is 99.1 Å². The minimum absolute atomic E-state index is 1.20. The SMILES string of the molecule is c1ccc(-c2cccc(-c3ccccc3-c3c4ccccc4c(-c4cccc(-c5cccc(-c6cccc7ccccc67)c5)c4)c4ccccc34)c2)cc1. The molecular weight excluding hydrogens is 649 g/mol. The molecule has 0 atom stereocenters. The summed E-state index contributed by atoms with van der Waals surface area (Å²) in [4.78, 5) is 0. The van der Waals surface area contributed by atoms with Gasteiger partial charge in [-0.15, -0.1) is 0 Å². The van der Waals surface area contributed by atoms with Crippen molar-refractivity contribution in [2.45, 2.75) is 0 Å². The highest BCUT2D eigenvalue weighted by molar-refractivity contribution is 6.22. The average molecular weight is 685 g/mol. The first-order chi connectivity index (χ1) is 26.8. The molecule has 0 heterocycles. The van der Waals surface area contributed by atoms with E-state index in [4.69, 9.17) is 0 Å². The van der Waals surface area contributed by atoms with Gasteiger partial charge in [-0.25, -0.2) is 0 Å². The van der Waals surface area contributed by atoms with Gasteiger partial charge in [-0.3, -0.25) is 0 Å². The number of benzene rings is 10. The molecule has 0 aromatic heterocycles. The lowest BCUT2D eigenvalue weighted by molar-refractivity contribution is 1.58. The van der Waals surface area contributed by atoms with Crippen molar-refractivity contribution in [1.29, 1.82) is 0 Å². The topological polar surface area (TPSA) is 0 Å². The van der Waals surface area contributed by atoms with Crippen molar-refractivity contribution in [3.05, 3.63) is 218 Å². The molecule has 0 saturated heterocycles. The summed E-state index contributed by atoms with van der Waals surface area (Å²) in [5.41, 5.74) is 14.8. The molecule has 0 radical (unpaired) electrons. The lowest BCUT2D eigenvalue weighted by Crippen LogP contribution is -1.93. The van der Waals surface area contributed by atoms with Gasteiger partial charge >= 0.3 is 0 Å². The van der Waals surface area contributed by atoms with E-state index in [9.17, 15) is 0 Å². The summed E-state index contributed by atoms with van der Waals surface area (Å²) in [6.45, 7) is 0. The third-order valence-electron chi connectivity index (χ3n) is 10.9. The largest absolute Gasteiger partial charge is 0.0622 e. The molecule has 10 rings (SSSR count). The normalized spacial score (nSPS) is 11.3. The zero-order valence-corrected chi connectivity index (χ0v) is 29.8. The average Bonchev–Trinajstić information content (AvgIpc) is 3.26. The third-order valence-corrected chi connectivity index (χ3v) is 10.9. The molecule has 0 spiro atoms. The van der Waals surface area contributed by atoms with Gasteiger partial charge in [0.05, 0.1) is 0 Å². The fourth-order valence-corrected chi connectivity index (χ4v) is 8.38. The molecule has 0 aliphatic heterocycles. The second kappa shape index (κ2) is 13.5. The van der Waals surface area contributed by atoms with Crippen molar-refractivity contribution in [2.24, 2.45) is 0 Å². The summed E-state index contributed by atoms with van der Waals surface area (Å²) in [7, 11) is 0. The Kier molecular flexibility index (Phi) is 7.93. The molecule has 0 N–H and O–H groups in total. The summed E-state index contributed by atoms with van der Waals surface area (Å²) in [6, 6.07) is 79.7. The van der Waals surface area contributed by atoms with Gasteiger partial charge < -0.3 is 0 Å². The first-order valence-electron chi connectivity index (χ1n) is 18.7. The highest BCUT2D eigenvalue weighted by Crippen LogP contribution is 2.46. The van der Waals surface area contributed by atoms with Crippen LogP contribution in [0.5, 0.6) is 0 Å². The minimum atomic E-state index is 1.20. The molecule has 0 aliphatic rings. The molecule has 0 heteroatoms. The van der Waals surface area contributed by atoms with E-state index >= 15 is 0 Å². The minimum Gasteiger partial charge on any atom is -0.0622 e. The summed E-state index contributed by atoms with van der Waals surface area (Å²) in [6.07, 6.45) is 0. The predicted molar refractivity (Wildman–Crippen MR) is 232 cm³/mol. The highest BCUT2D eigenvalue weighted by Gasteiger charge is 2.19. The van der Waals surface area contributed by atoms with Crippen LogP contribution in [0.3, 0.4) is 0 Å². The van der Waals surface area contributed by atoms with Gasteiger partial charge in [0.15, 0.2) is 0 Å².